The Morgan fingerprint density at radius 3 is 2.16 bits per heavy atom. The van der Waals surface area contributed by atoms with Crippen LogP contribution in [0.5, 0.6) is 0 Å². The minimum atomic E-state index is -0.360. The van der Waals surface area contributed by atoms with Crippen molar-refractivity contribution in [2.45, 2.75) is 13.8 Å². The number of carbonyl (C=O) groups is 3. The SMILES string of the molecule is CCOC(=O)N1CCN(C(=O)CN(C(C)=O)c2ccc(Cl)cc2)CC1. The van der Waals surface area contributed by atoms with Crippen molar-refractivity contribution in [2.75, 3.05) is 44.2 Å². The summed E-state index contributed by atoms with van der Waals surface area (Å²) in [6.07, 6.45) is -0.360. The molecule has 0 unspecified atom stereocenters. The van der Waals surface area contributed by atoms with Crippen LogP contribution in [0.4, 0.5) is 10.5 Å². The Labute approximate surface area is 152 Å². The Bertz CT molecular complexity index is 627. The van der Waals surface area contributed by atoms with E-state index < -0.39 is 0 Å². The van der Waals surface area contributed by atoms with Gasteiger partial charge in [-0.2, -0.15) is 0 Å². The largest absolute Gasteiger partial charge is 0.450 e. The van der Waals surface area contributed by atoms with Crippen LogP contribution < -0.4 is 4.90 Å². The average Bonchev–Trinajstić information content (AvgIpc) is 2.60. The molecule has 1 fully saturated rings. The maximum atomic E-state index is 12.5. The van der Waals surface area contributed by atoms with Crippen molar-refractivity contribution in [1.29, 1.82) is 0 Å². The molecule has 8 heteroatoms. The van der Waals surface area contributed by atoms with Crippen molar-refractivity contribution in [1.82, 2.24) is 9.80 Å². The minimum Gasteiger partial charge on any atom is -0.450 e. The van der Waals surface area contributed by atoms with Crippen LogP contribution in [-0.4, -0.2) is 67.0 Å². The zero-order valence-electron chi connectivity index (χ0n) is 14.4. The molecule has 0 radical (unpaired) electrons. The lowest BCUT2D eigenvalue weighted by molar-refractivity contribution is -0.132. The lowest BCUT2D eigenvalue weighted by Crippen LogP contribution is -2.53. The number of ether oxygens (including phenoxy) is 1. The Balaban J connectivity index is 1.95. The summed E-state index contributed by atoms with van der Waals surface area (Å²) in [6.45, 7) is 5.14. The number of hydrogen-bond acceptors (Lipinski definition) is 4. The van der Waals surface area contributed by atoms with Crippen molar-refractivity contribution < 1.29 is 19.1 Å². The summed E-state index contributed by atoms with van der Waals surface area (Å²) in [5, 5.41) is 0.564. The van der Waals surface area contributed by atoms with E-state index in [4.69, 9.17) is 16.3 Å². The van der Waals surface area contributed by atoms with E-state index >= 15 is 0 Å². The molecule has 3 amide bonds. The summed E-state index contributed by atoms with van der Waals surface area (Å²) in [7, 11) is 0. The first-order chi connectivity index (χ1) is 11.9. The van der Waals surface area contributed by atoms with Crippen LogP contribution in [0.3, 0.4) is 0 Å². The fourth-order valence-electron chi connectivity index (χ4n) is 2.59. The topological polar surface area (TPSA) is 70.2 Å². The highest BCUT2D eigenvalue weighted by atomic mass is 35.5. The van der Waals surface area contributed by atoms with Crippen LogP contribution in [0.2, 0.25) is 5.02 Å². The highest BCUT2D eigenvalue weighted by molar-refractivity contribution is 6.30. The van der Waals surface area contributed by atoms with Gasteiger partial charge in [0.15, 0.2) is 0 Å². The van der Waals surface area contributed by atoms with Crippen LogP contribution in [0.25, 0.3) is 0 Å². The molecule has 1 aliphatic rings. The smallest absolute Gasteiger partial charge is 0.409 e. The summed E-state index contributed by atoms with van der Waals surface area (Å²) in [4.78, 5) is 40.8. The number of hydrogen-bond donors (Lipinski definition) is 0. The van der Waals surface area contributed by atoms with Gasteiger partial charge in [-0.3, -0.25) is 9.59 Å². The molecular weight excluding hydrogens is 346 g/mol. The minimum absolute atomic E-state index is 0.0453. The van der Waals surface area contributed by atoms with Gasteiger partial charge in [-0.25, -0.2) is 4.79 Å². The molecule has 0 N–H and O–H groups in total. The molecule has 1 aromatic rings. The maximum Gasteiger partial charge on any atom is 0.409 e. The average molecular weight is 368 g/mol. The molecule has 136 valence electrons. The lowest BCUT2D eigenvalue weighted by atomic mass is 10.2. The second kappa shape index (κ2) is 8.71. The van der Waals surface area contributed by atoms with Crippen molar-refractivity contribution in [3.05, 3.63) is 29.3 Å². The van der Waals surface area contributed by atoms with Crippen molar-refractivity contribution in [2.24, 2.45) is 0 Å². The zero-order chi connectivity index (χ0) is 18.4. The predicted octanol–water partition coefficient (Wildman–Crippen LogP) is 1.99. The summed E-state index contributed by atoms with van der Waals surface area (Å²) >= 11 is 5.86. The fourth-order valence-corrected chi connectivity index (χ4v) is 2.72. The molecule has 1 heterocycles. The molecule has 7 nitrogen and oxygen atoms in total. The van der Waals surface area contributed by atoms with Gasteiger partial charge >= 0.3 is 6.09 Å². The standard InChI is InChI=1S/C17H22ClN3O4/c1-3-25-17(24)20-10-8-19(9-11-20)16(23)12-21(13(2)22)15-6-4-14(18)5-7-15/h4-7H,3,8-12H2,1-2H3. The molecule has 1 aromatic carbocycles. The van der Waals surface area contributed by atoms with Gasteiger partial charge in [0.2, 0.25) is 11.8 Å². The third-order valence-electron chi connectivity index (χ3n) is 3.97. The number of halogens is 1. The summed E-state index contributed by atoms with van der Waals surface area (Å²) in [5.74, 6) is -0.380. The van der Waals surface area contributed by atoms with E-state index in [9.17, 15) is 14.4 Å². The normalized spacial score (nSPS) is 14.2. The first-order valence-electron chi connectivity index (χ1n) is 8.15. The first-order valence-corrected chi connectivity index (χ1v) is 8.53. The number of benzene rings is 1. The highest BCUT2D eigenvalue weighted by Crippen LogP contribution is 2.18. The van der Waals surface area contributed by atoms with E-state index in [-0.39, 0.29) is 24.5 Å². The second-order valence-corrected chi connectivity index (χ2v) is 6.08. The first kappa shape index (κ1) is 19.1. The van der Waals surface area contributed by atoms with E-state index in [2.05, 4.69) is 0 Å². The molecule has 0 aliphatic carbocycles. The van der Waals surface area contributed by atoms with Gasteiger partial charge in [0.25, 0.3) is 0 Å². The number of rotatable bonds is 4. The number of amides is 3. The van der Waals surface area contributed by atoms with E-state index in [0.717, 1.165) is 0 Å². The predicted molar refractivity (Wildman–Crippen MR) is 94.7 cm³/mol. The summed E-state index contributed by atoms with van der Waals surface area (Å²) in [5.41, 5.74) is 0.621. The van der Waals surface area contributed by atoms with Crippen molar-refractivity contribution >= 4 is 35.2 Å². The van der Waals surface area contributed by atoms with Crippen molar-refractivity contribution in [3.63, 3.8) is 0 Å². The molecule has 1 aliphatic heterocycles. The van der Waals surface area contributed by atoms with Gasteiger partial charge in [0, 0.05) is 43.8 Å². The van der Waals surface area contributed by atoms with E-state index in [0.29, 0.717) is 43.5 Å². The fraction of sp³-hybridized carbons (Fsp3) is 0.471. The van der Waals surface area contributed by atoms with Gasteiger partial charge < -0.3 is 19.4 Å². The Morgan fingerprint density at radius 2 is 1.64 bits per heavy atom. The van der Waals surface area contributed by atoms with Crippen LogP contribution in [0, 0.1) is 0 Å². The third kappa shape index (κ3) is 5.09. The van der Waals surface area contributed by atoms with Gasteiger partial charge in [0.05, 0.1) is 6.61 Å². The highest BCUT2D eigenvalue weighted by Gasteiger charge is 2.26. The Hall–Kier alpha value is -2.28. The molecule has 0 saturated carbocycles. The molecule has 0 atom stereocenters. The van der Waals surface area contributed by atoms with Crippen LogP contribution in [0.1, 0.15) is 13.8 Å². The monoisotopic (exact) mass is 367 g/mol. The Kier molecular flexibility index (Phi) is 6.64. The molecule has 1 saturated heterocycles. The van der Waals surface area contributed by atoms with Gasteiger partial charge in [-0.15, -0.1) is 0 Å². The van der Waals surface area contributed by atoms with E-state index in [1.165, 1.54) is 11.8 Å². The third-order valence-corrected chi connectivity index (χ3v) is 4.22. The van der Waals surface area contributed by atoms with E-state index in [1.54, 1.807) is 41.0 Å². The summed E-state index contributed by atoms with van der Waals surface area (Å²) in [6, 6.07) is 6.76. The zero-order valence-corrected chi connectivity index (χ0v) is 15.2. The van der Waals surface area contributed by atoms with Gasteiger partial charge in [0.1, 0.15) is 6.54 Å². The molecule has 0 aromatic heterocycles. The molecular formula is C17H22ClN3O4. The quantitative estimate of drug-likeness (QED) is 0.816. The van der Waals surface area contributed by atoms with Gasteiger partial charge in [-0.1, -0.05) is 11.6 Å². The molecule has 0 spiro atoms. The van der Waals surface area contributed by atoms with Crippen LogP contribution >= 0.6 is 11.6 Å². The van der Waals surface area contributed by atoms with Gasteiger partial charge in [-0.05, 0) is 31.2 Å². The Morgan fingerprint density at radius 1 is 1.08 bits per heavy atom. The summed E-state index contributed by atoms with van der Waals surface area (Å²) < 4.78 is 4.96. The molecule has 0 bridgehead atoms. The van der Waals surface area contributed by atoms with Crippen LogP contribution in [0.15, 0.2) is 24.3 Å². The second-order valence-electron chi connectivity index (χ2n) is 5.65. The maximum absolute atomic E-state index is 12.5. The van der Waals surface area contributed by atoms with Crippen molar-refractivity contribution in [3.8, 4) is 0 Å². The van der Waals surface area contributed by atoms with Crippen LogP contribution in [-0.2, 0) is 14.3 Å². The van der Waals surface area contributed by atoms with E-state index in [1.807, 2.05) is 0 Å². The number of anilines is 1. The number of nitrogens with zero attached hydrogens (tertiary/aromatic N) is 3. The number of piperazine rings is 1. The molecule has 2 rings (SSSR count). The lowest BCUT2D eigenvalue weighted by Gasteiger charge is -2.35. The number of carbonyl (C=O) groups excluding carboxylic acids is 3. The molecule has 25 heavy (non-hydrogen) atoms.